The lowest BCUT2D eigenvalue weighted by molar-refractivity contribution is -0.161. The van der Waals surface area contributed by atoms with Gasteiger partial charge in [0.05, 0.1) is 12.2 Å². The number of aromatic hydroxyl groups is 1. The van der Waals surface area contributed by atoms with E-state index >= 15 is 0 Å². The highest BCUT2D eigenvalue weighted by atomic mass is 32.2. The summed E-state index contributed by atoms with van der Waals surface area (Å²) in [5, 5.41) is 37.8. The summed E-state index contributed by atoms with van der Waals surface area (Å²) >= 11 is 0.888. The molecular weight excluding hydrogens is 648 g/mol. The molecule has 1 fully saturated rings. The van der Waals surface area contributed by atoms with E-state index < -0.39 is 86.7 Å². The summed E-state index contributed by atoms with van der Waals surface area (Å²) < 4.78 is 38.7. The third-order valence-electron chi connectivity index (χ3n) is 6.00. The molecule has 240 valence electrons. The number of oxime groups is 1. The average Bonchev–Trinajstić information content (AvgIpc) is 3.60. The molecule has 1 aliphatic heterocycles. The number of nitrogens with zero attached hydrogens (tertiary/aromatic N) is 5. The predicted octanol–water partition coefficient (Wildman–Crippen LogP) is -2.00. The molecule has 0 unspecified atom stereocenters. The Morgan fingerprint density at radius 2 is 1.93 bits per heavy atom. The van der Waals surface area contributed by atoms with E-state index in [1.54, 1.807) is 0 Å². The average molecular weight is 671 g/mol. The van der Waals surface area contributed by atoms with Crippen LogP contribution in [0.2, 0.25) is 0 Å². The maximum Gasteiger partial charge on any atom is 0.362 e. The predicted molar refractivity (Wildman–Crippen MR) is 147 cm³/mol. The number of carbonyl (C=O) groups excluding carboxylic acids is 3. The first-order chi connectivity index (χ1) is 20.9. The minimum Gasteiger partial charge on any atom is -0.503 e. The molecular formula is C22H22N8O13S2. The number of pyridine rings is 1. The van der Waals surface area contributed by atoms with Crippen molar-refractivity contribution in [3.8, 4) is 17.3 Å². The van der Waals surface area contributed by atoms with Crippen molar-refractivity contribution >= 4 is 56.2 Å². The molecule has 23 heteroatoms. The van der Waals surface area contributed by atoms with E-state index in [0.717, 1.165) is 37.5 Å². The Bertz CT molecular complexity index is 1900. The number of thiazole rings is 1. The van der Waals surface area contributed by atoms with Gasteiger partial charge in [-0.2, -0.15) is 13.1 Å². The van der Waals surface area contributed by atoms with Gasteiger partial charge in [-0.25, -0.2) is 19.1 Å². The number of carboxylic acids is 1. The summed E-state index contributed by atoms with van der Waals surface area (Å²) in [6.07, 6.45) is 1.47. The van der Waals surface area contributed by atoms with Gasteiger partial charge in [-0.1, -0.05) is 5.16 Å². The van der Waals surface area contributed by atoms with E-state index in [2.05, 4.69) is 25.8 Å². The van der Waals surface area contributed by atoms with Crippen LogP contribution in [0, 0.1) is 0 Å². The lowest BCUT2D eigenvalue weighted by Crippen LogP contribution is -2.74. The van der Waals surface area contributed by atoms with Gasteiger partial charge in [-0.15, -0.1) is 11.3 Å². The lowest BCUT2D eigenvalue weighted by Gasteiger charge is -2.44. The number of hydrogen-bond acceptors (Lipinski definition) is 16. The van der Waals surface area contributed by atoms with E-state index in [1.165, 1.54) is 5.38 Å². The van der Waals surface area contributed by atoms with Crippen LogP contribution in [0.5, 0.6) is 5.75 Å². The topological polar surface area (TPSA) is 319 Å². The van der Waals surface area contributed by atoms with Gasteiger partial charge in [0.25, 0.3) is 17.7 Å². The highest BCUT2D eigenvalue weighted by Crippen LogP contribution is 2.24. The second kappa shape index (κ2) is 11.9. The van der Waals surface area contributed by atoms with Crippen molar-refractivity contribution < 1.29 is 56.8 Å². The number of carboxylic acid groups (broad SMARTS) is 1. The molecule has 3 aromatic heterocycles. The Balaban J connectivity index is 1.54. The number of β-lactam (4-membered cyclic amide) rings is 1. The van der Waals surface area contributed by atoms with Crippen LogP contribution in [-0.4, -0.2) is 101 Å². The molecule has 0 radical (unpaired) electrons. The summed E-state index contributed by atoms with van der Waals surface area (Å²) in [5.41, 5.74) is 1.21. The standard InChI is InChI=1S/C22H22N8O13S2/c1-22(2,20(36)37)43-28-14(9-7-44-21(23)26-9)17(34)27-15-11(30(19(15)35)45(39,40)41)4-24-16(33)8-6-42-18(25-8)10-3-12(31)13(32)5-29(10)38/h3,5-7,11,15,32,38H,4H2,1-2H3,(H2,23,26)(H,24,33)(H,27,34)(H,36,37)(H,39,40,41)/t11-,15+/m1/s1. The van der Waals surface area contributed by atoms with Gasteiger partial charge in [-0.05, 0) is 13.8 Å². The van der Waals surface area contributed by atoms with E-state index in [0.29, 0.717) is 10.9 Å². The zero-order chi connectivity index (χ0) is 33.4. The van der Waals surface area contributed by atoms with Crippen LogP contribution in [0.15, 0.2) is 38.3 Å². The number of aliphatic carboxylic acids is 1. The Labute approximate surface area is 254 Å². The van der Waals surface area contributed by atoms with Gasteiger partial charge < -0.3 is 41.0 Å². The fraction of sp³-hybridized carbons (Fsp3) is 0.273. The maximum atomic E-state index is 13.2. The van der Waals surface area contributed by atoms with Gasteiger partial charge in [0.1, 0.15) is 23.7 Å². The van der Waals surface area contributed by atoms with Gasteiger partial charge in [0.15, 0.2) is 22.3 Å². The van der Waals surface area contributed by atoms with Crippen LogP contribution >= 0.6 is 11.3 Å². The van der Waals surface area contributed by atoms with Gasteiger partial charge in [0, 0.05) is 18.0 Å². The van der Waals surface area contributed by atoms with E-state index in [-0.39, 0.29) is 20.8 Å². The largest absolute Gasteiger partial charge is 0.503 e. The number of aromatic nitrogens is 3. The summed E-state index contributed by atoms with van der Waals surface area (Å²) in [7, 11) is -5.18. The zero-order valence-corrected chi connectivity index (χ0v) is 24.4. The number of carbonyl (C=O) groups is 4. The third kappa shape index (κ3) is 6.68. The monoisotopic (exact) mass is 670 g/mol. The highest BCUT2D eigenvalue weighted by Gasteiger charge is 2.54. The summed E-state index contributed by atoms with van der Waals surface area (Å²) in [4.78, 5) is 74.3. The quantitative estimate of drug-likeness (QED) is 0.0381. The van der Waals surface area contributed by atoms with Gasteiger partial charge in [0.2, 0.25) is 16.9 Å². The Morgan fingerprint density at radius 1 is 1.24 bits per heavy atom. The molecule has 45 heavy (non-hydrogen) atoms. The van der Waals surface area contributed by atoms with E-state index in [9.17, 15) is 52.4 Å². The van der Waals surface area contributed by atoms with Crippen molar-refractivity contribution in [1.82, 2.24) is 29.6 Å². The van der Waals surface area contributed by atoms with Crippen LogP contribution in [0.25, 0.3) is 11.6 Å². The third-order valence-corrected chi connectivity index (χ3v) is 7.63. The molecule has 1 aliphatic rings. The molecule has 0 aromatic carbocycles. The van der Waals surface area contributed by atoms with Crippen LogP contribution in [0.4, 0.5) is 5.13 Å². The Morgan fingerprint density at radius 3 is 2.53 bits per heavy atom. The Hall–Kier alpha value is -5.55. The summed E-state index contributed by atoms with van der Waals surface area (Å²) in [6.45, 7) is 1.57. The van der Waals surface area contributed by atoms with Crippen LogP contribution in [0.1, 0.15) is 30.0 Å². The number of anilines is 1. The second-order valence-electron chi connectivity index (χ2n) is 9.55. The number of hydrogen-bond donors (Lipinski definition) is 7. The maximum absolute atomic E-state index is 13.2. The van der Waals surface area contributed by atoms with Crippen molar-refractivity contribution in [3.05, 3.63) is 45.5 Å². The Kier molecular flexibility index (Phi) is 8.53. The fourth-order valence-corrected chi connectivity index (χ4v) is 5.05. The van der Waals surface area contributed by atoms with Crippen LogP contribution in [-0.2, 0) is 29.5 Å². The molecule has 8 N–H and O–H groups in total. The number of nitrogen functional groups attached to an aromatic ring is 1. The number of oxazole rings is 1. The van der Waals surface area contributed by atoms with Crippen molar-refractivity contribution in [1.29, 1.82) is 0 Å². The van der Waals surface area contributed by atoms with Gasteiger partial charge in [-0.3, -0.25) is 23.7 Å². The summed E-state index contributed by atoms with van der Waals surface area (Å²) in [6, 6.07) is -2.50. The lowest BCUT2D eigenvalue weighted by atomic mass is 9.98. The SMILES string of the molecule is CC(C)(ON=C(C(=O)N[C@@H]1C(=O)N(S(=O)(=O)O)[C@@H]1CNC(=O)c1coc(-c2cc(=O)c(O)cn2O)n1)c1csc(N)n1)C(=O)O. The van der Waals surface area contributed by atoms with E-state index in [1.807, 2.05) is 0 Å². The highest BCUT2D eigenvalue weighted by molar-refractivity contribution is 7.84. The number of rotatable bonds is 11. The molecule has 1 saturated heterocycles. The van der Waals surface area contributed by atoms with Crippen LogP contribution < -0.4 is 21.8 Å². The molecule has 0 spiro atoms. The van der Waals surface area contributed by atoms with Crippen molar-refractivity contribution in [2.24, 2.45) is 5.16 Å². The van der Waals surface area contributed by atoms with Crippen molar-refractivity contribution in [3.63, 3.8) is 0 Å². The van der Waals surface area contributed by atoms with Crippen molar-refractivity contribution in [2.45, 2.75) is 31.5 Å². The fourth-order valence-electron chi connectivity index (χ4n) is 3.63. The molecule has 4 heterocycles. The summed E-state index contributed by atoms with van der Waals surface area (Å²) in [5.74, 6) is -6.14. The van der Waals surface area contributed by atoms with Crippen molar-refractivity contribution in [2.75, 3.05) is 12.3 Å². The smallest absolute Gasteiger partial charge is 0.362 e. The molecule has 3 aromatic rings. The molecule has 21 nitrogen and oxygen atoms in total. The first kappa shape index (κ1) is 32.4. The number of nitrogens with two attached hydrogens (primary N) is 1. The molecule has 2 atom stereocenters. The molecule has 0 bridgehead atoms. The minimum absolute atomic E-state index is 0.00492. The first-order valence-electron chi connectivity index (χ1n) is 12.1. The van der Waals surface area contributed by atoms with Gasteiger partial charge >= 0.3 is 16.3 Å². The zero-order valence-electron chi connectivity index (χ0n) is 22.8. The molecule has 4 rings (SSSR count). The molecule has 0 saturated carbocycles. The molecule has 0 aliphatic carbocycles. The van der Waals surface area contributed by atoms with E-state index in [4.69, 9.17) is 15.0 Å². The first-order valence-corrected chi connectivity index (χ1v) is 14.4. The second-order valence-corrected chi connectivity index (χ2v) is 11.7. The number of nitrogens with one attached hydrogen (secondary N) is 2. The molecule has 3 amide bonds. The number of amides is 3. The van der Waals surface area contributed by atoms with Crippen LogP contribution in [0.3, 0.4) is 0 Å². The minimum atomic E-state index is -5.18. The normalized spacial score (nSPS) is 17.0.